The van der Waals surface area contributed by atoms with E-state index in [2.05, 4.69) is 21.2 Å². The molecule has 0 bridgehead atoms. The number of hydrogen-bond acceptors (Lipinski definition) is 1. The molecule has 0 aliphatic carbocycles. The number of nitrogens with zero attached hydrogens (tertiary/aromatic N) is 1. The first kappa shape index (κ1) is 13.1. The Bertz CT molecular complexity index is 675. The van der Waals surface area contributed by atoms with Crippen molar-refractivity contribution in [2.45, 2.75) is 13.1 Å². The zero-order valence-corrected chi connectivity index (χ0v) is 12.2. The minimum atomic E-state index is -0.432. The van der Waals surface area contributed by atoms with Gasteiger partial charge in [0.15, 0.2) is 0 Å². The van der Waals surface area contributed by atoms with E-state index in [4.69, 9.17) is 0 Å². The number of rotatable bonds is 1. The van der Waals surface area contributed by atoms with Gasteiger partial charge in [-0.3, -0.25) is 0 Å². The molecule has 1 aliphatic rings. The third kappa shape index (κ3) is 2.41. The second-order valence-corrected chi connectivity index (χ2v) is 5.50. The molecular weight excluding hydrogens is 323 g/mol. The van der Waals surface area contributed by atoms with Gasteiger partial charge < -0.3 is 10.2 Å². The summed E-state index contributed by atoms with van der Waals surface area (Å²) in [6.45, 7) is 1.06. The average molecular weight is 335 g/mol. The van der Waals surface area contributed by atoms with Gasteiger partial charge >= 0.3 is 6.03 Å². The SMILES string of the molecule is O=C(Nc1ccccc1F)N1Cc2cccc(Br)c2C1. The number of amides is 2. The molecule has 1 aliphatic heterocycles. The lowest BCUT2D eigenvalue weighted by molar-refractivity contribution is 0.212. The zero-order valence-electron chi connectivity index (χ0n) is 10.6. The van der Waals surface area contributed by atoms with Crippen molar-refractivity contribution in [1.82, 2.24) is 4.90 Å². The summed E-state index contributed by atoms with van der Waals surface area (Å²) >= 11 is 3.48. The standard InChI is InChI=1S/C15H12BrFN2O/c16-12-5-3-4-10-8-19(9-11(10)12)15(20)18-14-7-2-1-6-13(14)17/h1-7H,8-9H2,(H,18,20). The fraction of sp³-hybridized carbons (Fsp3) is 0.133. The van der Waals surface area contributed by atoms with Crippen molar-refractivity contribution in [3.63, 3.8) is 0 Å². The molecule has 0 aromatic heterocycles. The number of halogens is 2. The lowest BCUT2D eigenvalue weighted by Gasteiger charge is -2.16. The Morgan fingerprint density at radius 2 is 1.95 bits per heavy atom. The summed E-state index contributed by atoms with van der Waals surface area (Å²) in [7, 11) is 0. The van der Waals surface area contributed by atoms with Crippen molar-refractivity contribution in [2.75, 3.05) is 5.32 Å². The molecule has 0 unspecified atom stereocenters. The van der Waals surface area contributed by atoms with Gasteiger partial charge in [-0.25, -0.2) is 9.18 Å². The van der Waals surface area contributed by atoms with Gasteiger partial charge in [-0.2, -0.15) is 0 Å². The summed E-state index contributed by atoms with van der Waals surface area (Å²) < 4.78 is 14.5. The molecule has 0 saturated carbocycles. The second-order valence-electron chi connectivity index (χ2n) is 4.64. The Hall–Kier alpha value is -1.88. The summed E-state index contributed by atoms with van der Waals surface area (Å²) in [5.41, 5.74) is 2.42. The lowest BCUT2D eigenvalue weighted by atomic mass is 10.1. The Kier molecular flexibility index (Phi) is 3.44. The topological polar surface area (TPSA) is 32.3 Å². The minimum Gasteiger partial charge on any atom is -0.316 e. The number of para-hydroxylation sites is 1. The minimum absolute atomic E-state index is 0.201. The van der Waals surface area contributed by atoms with Crippen molar-refractivity contribution in [1.29, 1.82) is 0 Å². The quantitative estimate of drug-likeness (QED) is 0.835. The number of anilines is 1. The molecule has 102 valence electrons. The average Bonchev–Trinajstić information content (AvgIpc) is 2.87. The number of nitrogens with one attached hydrogen (secondary N) is 1. The Morgan fingerprint density at radius 3 is 2.70 bits per heavy atom. The highest BCUT2D eigenvalue weighted by Gasteiger charge is 2.25. The summed E-state index contributed by atoms with van der Waals surface area (Å²) in [5.74, 6) is -0.432. The van der Waals surface area contributed by atoms with Crippen molar-refractivity contribution in [3.8, 4) is 0 Å². The van der Waals surface area contributed by atoms with Crippen LogP contribution in [0.2, 0.25) is 0 Å². The van der Waals surface area contributed by atoms with Crippen molar-refractivity contribution in [3.05, 3.63) is 63.9 Å². The van der Waals surface area contributed by atoms with Crippen molar-refractivity contribution in [2.24, 2.45) is 0 Å². The normalized spacial score (nSPS) is 13.2. The number of carbonyl (C=O) groups excluding carboxylic acids is 1. The maximum atomic E-state index is 13.5. The largest absolute Gasteiger partial charge is 0.322 e. The van der Waals surface area contributed by atoms with E-state index in [0.29, 0.717) is 13.1 Å². The van der Waals surface area contributed by atoms with Gasteiger partial charge in [0.25, 0.3) is 0 Å². The van der Waals surface area contributed by atoms with Gasteiger partial charge in [-0.05, 0) is 29.3 Å². The molecule has 0 spiro atoms. The monoisotopic (exact) mass is 334 g/mol. The molecule has 3 rings (SSSR count). The van der Waals surface area contributed by atoms with Crippen LogP contribution in [0.25, 0.3) is 0 Å². The highest BCUT2D eigenvalue weighted by molar-refractivity contribution is 9.10. The lowest BCUT2D eigenvalue weighted by Crippen LogP contribution is -2.30. The highest BCUT2D eigenvalue weighted by Crippen LogP contribution is 2.29. The van der Waals surface area contributed by atoms with Crippen LogP contribution < -0.4 is 5.32 Å². The van der Waals surface area contributed by atoms with E-state index in [1.807, 2.05) is 18.2 Å². The number of hydrogen-bond donors (Lipinski definition) is 1. The van der Waals surface area contributed by atoms with E-state index < -0.39 is 5.82 Å². The van der Waals surface area contributed by atoms with Crippen molar-refractivity contribution >= 4 is 27.6 Å². The summed E-state index contributed by atoms with van der Waals surface area (Å²) in [6, 6.07) is 11.8. The van der Waals surface area contributed by atoms with Crippen LogP contribution >= 0.6 is 15.9 Å². The van der Waals surface area contributed by atoms with Gasteiger partial charge in [0.1, 0.15) is 5.82 Å². The number of fused-ring (bicyclic) bond motifs is 1. The van der Waals surface area contributed by atoms with Crippen LogP contribution in [0.15, 0.2) is 46.9 Å². The van der Waals surface area contributed by atoms with E-state index in [1.165, 1.54) is 6.07 Å². The first-order valence-electron chi connectivity index (χ1n) is 6.22. The third-order valence-corrected chi connectivity index (χ3v) is 4.07. The highest BCUT2D eigenvalue weighted by atomic mass is 79.9. The van der Waals surface area contributed by atoms with Gasteiger partial charge in [0, 0.05) is 17.6 Å². The molecule has 1 N–H and O–H groups in total. The van der Waals surface area contributed by atoms with E-state index in [-0.39, 0.29) is 11.7 Å². The number of carbonyl (C=O) groups is 1. The maximum absolute atomic E-state index is 13.5. The van der Waals surface area contributed by atoms with Crippen LogP contribution in [0.4, 0.5) is 14.9 Å². The van der Waals surface area contributed by atoms with E-state index in [1.54, 1.807) is 23.1 Å². The van der Waals surface area contributed by atoms with E-state index in [0.717, 1.165) is 15.6 Å². The molecule has 0 atom stereocenters. The molecule has 2 aromatic carbocycles. The third-order valence-electron chi connectivity index (χ3n) is 3.33. The maximum Gasteiger partial charge on any atom is 0.322 e. The predicted octanol–water partition coefficient (Wildman–Crippen LogP) is 4.14. The van der Waals surface area contributed by atoms with Crippen LogP contribution in [0.5, 0.6) is 0 Å². The molecule has 2 amide bonds. The Balaban J connectivity index is 1.75. The zero-order chi connectivity index (χ0) is 14.1. The van der Waals surface area contributed by atoms with Gasteiger partial charge in [-0.1, -0.05) is 40.2 Å². The smallest absolute Gasteiger partial charge is 0.316 e. The first-order chi connectivity index (χ1) is 9.65. The van der Waals surface area contributed by atoms with Crippen LogP contribution in [-0.2, 0) is 13.1 Å². The van der Waals surface area contributed by atoms with Gasteiger partial charge in [0.2, 0.25) is 0 Å². The molecule has 1 heterocycles. The fourth-order valence-corrected chi connectivity index (χ4v) is 2.81. The van der Waals surface area contributed by atoms with E-state index in [9.17, 15) is 9.18 Å². The summed E-state index contributed by atoms with van der Waals surface area (Å²) in [4.78, 5) is 13.8. The Labute approximate surface area is 124 Å². The predicted molar refractivity (Wildman–Crippen MR) is 78.8 cm³/mol. The van der Waals surface area contributed by atoms with E-state index >= 15 is 0 Å². The summed E-state index contributed by atoms with van der Waals surface area (Å²) in [5, 5.41) is 2.60. The van der Waals surface area contributed by atoms with Gasteiger partial charge in [-0.15, -0.1) is 0 Å². The molecule has 20 heavy (non-hydrogen) atoms. The molecule has 0 saturated heterocycles. The fourth-order valence-electron chi connectivity index (χ4n) is 2.28. The molecule has 5 heteroatoms. The van der Waals surface area contributed by atoms with Crippen LogP contribution in [-0.4, -0.2) is 10.9 Å². The van der Waals surface area contributed by atoms with Crippen molar-refractivity contribution < 1.29 is 9.18 Å². The van der Waals surface area contributed by atoms with Crippen LogP contribution in [0.3, 0.4) is 0 Å². The first-order valence-corrected chi connectivity index (χ1v) is 7.01. The number of benzene rings is 2. The molecule has 0 fully saturated rings. The Morgan fingerprint density at radius 1 is 1.15 bits per heavy atom. The van der Waals surface area contributed by atoms with Crippen LogP contribution in [0, 0.1) is 5.82 Å². The molecule has 2 aromatic rings. The second kappa shape index (κ2) is 5.25. The van der Waals surface area contributed by atoms with Gasteiger partial charge in [0.05, 0.1) is 5.69 Å². The molecule has 0 radical (unpaired) electrons. The summed E-state index contributed by atoms with van der Waals surface area (Å²) in [6.07, 6.45) is 0. The number of urea groups is 1. The van der Waals surface area contributed by atoms with Crippen LogP contribution in [0.1, 0.15) is 11.1 Å². The molecule has 3 nitrogen and oxygen atoms in total. The molecular formula is C15H12BrFN2O.